The largest absolute Gasteiger partial charge is 0.393 e. The Bertz CT molecular complexity index is 461. The van der Waals surface area contributed by atoms with Crippen LogP contribution in [0.15, 0.2) is 6.20 Å². The predicted molar refractivity (Wildman–Crippen MR) is 71.0 cm³/mol. The molecule has 1 aromatic heterocycles. The number of piperidine rings is 1. The lowest BCUT2D eigenvalue weighted by Crippen LogP contribution is -2.45. The van der Waals surface area contributed by atoms with Gasteiger partial charge in [0.15, 0.2) is 0 Å². The summed E-state index contributed by atoms with van der Waals surface area (Å²) in [6, 6.07) is 0. The van der Waals surface area contributed by atoms with Crippen LogP contribution >= 0.6 is 0 Å². The summed E-state index contributed by atoms with van der Waals surface area (Å²) < 4.78 is 2.00. The molecule has 0 bridgehead atoms. The highest BCUT2D eigenvalue weighted by atomic mass is 16.3. The molecule has 6 nitrogen and oxygen atoms in total. The molecule has 0 aromatic carbocycles. The lowest BCUT2D eigenvalue weighted by molar-refractivity contribution is 0.0294. The summed E-state index contributed by atoms with van der Waals surface area (Å²) in [4.78, 5) is 18.6. The van der Waals surface area contributed by atoms with Crippen molar-refractivity contribution in [2.75, 3.05) is 25.0 Å². The first-order valence-corrected chi connectivity index (χ1v) is 6.93. The van der Waals surface area contributed by atoms with Crippen LogP contribution in [0.5, 0.6) is 0 Å². The van der Waals surface area contributed by atoms with Gasteiger partial charge in [-0.2, -0.15) is 0 Å². The quantitative estimate of drug-likeness (QED) is 0.777. The number of aryl methyl sites for hydroxylation is 1. The molecule has 1 fully saturated rings. The minimum atomic E-state index is -0.291. The molecule has 6 heteroatoms. The van der Waals surface area contributed by atoms with Crippen molar-refractivity contribution in [2.24, 2.45) is 5.92 Å². The van der Waals surface area contributed by atoms with E-state index in [2.05, 4.69) is 10.3 Å². The Labute approximate surface area is 112 Å². The van der Waals surface area contributed by atoms with Crippen molar-refractivity contribution in [3.8, 4) is 0 Å². The predicted octanol–water partition coefficient (Wildman–Crippen LogP) is 0.542. The zero-order chi connectivity index (χ0) is 13.4. The normalized spacial score (nSPS) is 26.7. The number of hydrogen-bond acceptors (Lipinski definition) is 4. The van der Waals surface area contributed by atoms with Gasteiger partial charge in [-0.3, -0.25) is 4.79 Å². The smallest absolute Gasteiger partial charge is 0.274 e. The van der Waals surface area contributed by atoms with E-state index in [-0.39, 0.29) is 17.9 Å². The monoisotopic (exact) mass is 264 g/mol. The summed E-state index contributed by atoms with van der Waals surface area (Å²) >= 11 is 0. The molecular weight excluding hydrogens is 244 g/mol. The fourth-order valence-corrected chi connectivity index (χ4v) is 2.76. The molecule has 104 valence electrons. The third kappa shape index (κ3) is 2.32. The number of aliphatic hydroxyl groups excluding tert-OH is 1. The molecule has 2 unspecified atom stereocenters. The molecule has 3 heterocycles. The number of likely N-dealkylation sites (tertiary alicyclic amines) is 1. The molecule has 0 aliphatic carbocycles. The molecule has 1 amide bonds. The number of imidazole rings is 1. The number of carbonyl (C=O) groups is 1. The van der Waals surface area contributed by atoms with Crippen LogP contribution in [0.1, 0.15) is 30.3 Å². The first-order chi connectivity index (χ1) is 9.15. The molecule has 0 spiro atoms. The number of anilines is 1. The molecule has 2 aliphatic rings. The number of nitrogens with one attached hydrogen (secondary N) is 1. The van der Waals surface area contributed by atoms with E-state index in [9.17, 15) is 9.90 Å². The van der Waals surface area contributed by atoms with Crippen molar-refractivity contribution in [2.45, 2.75) is 32.4 Å². The summed E-state index contributed by atoms with van der Waals surface area (Å²) in [5, 5.41) is 12.9. The molecule has 1 aromatic rings. The fourth-order valence-electron chi connectivity index (χ4n) is 2.76. The van der Waals surface area contributed by atoms with E-state index in [4.69, 9.17) is 0 Å². The van der Waals surface area contributed by atoms with Crippen LogP contribution in [-0.4, -0.2) is 51.2 Å². The SMILES string of the molecule is CC1CN(C(=O)c2cn3c(n2)NCCC3)CCC1O. The summed E-state index contributed by atoms with van der Waals surface area (Å²) in [7, 11) is 0. The van der Waals surface area contributed by atoms with Gasteiger partial charge in [0.05, 0.1) is 6.10 Å². The van der Waals surface area contributed by atoms with Crippen LogP contribution in [0.4, 0.5) is 5.95 Å². The Morgan fingerprint density at radius 2 is 2.37 bits per heavy atom. The molecule has 19 heavy (non-hydrogen) atoms. The molecule has 2 N–H and O–H groups in total. The maximum absolute atomic E-state index is 12.4. The van der Waals surface area contributed by atoms with Crippen molar-refractivity contribution in [1.82, 2.24) is 14.5 Å². The standard InChI is InChI=1S/C13H20N4O2/c1-9-7-16(6-3-11(9)18)12(19)10-8-17-5-2-4-14-13(17)15-10/h8-9,11,18H,2-7H2,1H3,(H,14,15). The average Bonchev–Trinajstić information content (AvgIpc) is 2.85. The highest BCUT2D eigenvalue weighted by Gasteiger charge is 2.29. The molecule has 0 radical (unpaired) electrons. The molecule has 0 saturated carbocycles. The lowest BCUT2D eigenvalue weighted by atomic mass is 9.96. The van der Waals surface area contributed by atoms with E-state index in [1.165, 1.54) is 0 Å². The summed E-state index contributed by atoms with van der Waals surface area (Å²) in [5.74, 6) is 0.898. The van der Waals surface area contributed by atoms with Gasteiger partial charge in [-0.15, -0.1) is 0 Å². The maximum atomic E-state index is 12.4. The minimum Gasteiger partial charge on any atom is -0.393 e. The first kappa shape index (κ1) is 12.5. The molecule has 3 rings (SSSR count). The van der Waals surface area contributed by atoms with E-state index in [0.717, 1.165) is 25.5 Å². The Morgan fingerprint density at radius 3 is 3.11 bits per heavy atom. The number of fused-ring (bicyclic) bond motifs is 1. The van der Waals surface area contributed by atoms with Gasteiger partial charge < -0.3 is 19.9 Å². The van der Waals surface area contributed by atoms with E-state index >= 15 is 0 Å². The average molecular weight is 264 g/mol. The number of nitrogens with zero attached hydrogens (tertiary/aromatic N) is 3. The van der Waals surface area contributed by atoms with Gasteiger partial charge in [0.2, 0.25) is 5.95 Å². The zero-order valence-corrected chi connectivity index (χ0v) is 11.2. The number of amides is 1. The van der Waals surface area contributed by atoms with Crippen LogP contribution in [0.25, 0.3) is 0 Å². The second-order valence-corrected chi connectivity index (χ2v) is 5.51. The second-order valence-electron chi connectivity index (χ2n) is 5.51. The third-order valence-corrected chi connectivity index (χ3v) is 4.00. The Balaban J connectivity index is 1.75. The number of aromatic nitrogens is 2. The van der Waals surface area contributed by atoms with Crippen LogP contribution in [0.2, 0.25) is 0 Å². The number of aliphatic hydroxyl groups is 1. The van der Waals surface area contributed by atoms with Crippen LogP contribution < -0.4 is 5.32 Å². The van der Waals surface area contributed by atoms with Crippen LogP contribution in [0.3, 0.4) is 0 Å². The Kier molecular flexibility index (Phi) is 3.18. The number of rotatable bonds is 1. The van der Waals surface area contributed by atoms with Crippen molar-refractivity contribution in [3.63, 3.8) is 0 Å². The lowest BCUT2D eigenvalue weighted by Gasteiger charge is -2.33. The third-order valence-electron chi connectivity index (χ3n) is 4.00. The first-order valence-electron chi connectivity index (χ1n) is 6.93. The van der Waals surface area contributed by atoms with Crippen LogP contribution in [0, 0.1) is 5.92 Å². The molecule has 2 atom stereocenters. The van der Waals surface area contributed by atoms with Crippen molar-refractivity contribution in [1.29, 1.82) is 0 Å². The van der Waals surface area contributed by atoms with Crippen molar-refractivity contribution in [3.05, 3.63) is 11.9 Å². The van der Waals surface area contributed by atoms with Gasteiger partial charge in [0, 0.05) is 32.4 Å². The minimum absolute atomic E-state index is 0.0255. The molecule has 1 saturated heterocycles. The summed E-state index contributed by atoms with van der Waals surface area (Å²) in [5.41, 5.74) is 0.507. The van der Waals surface area contributed by atoms with E-state index < -0.39 is 0 Å². The zero-order valence-electron chi connectivity index (χ0n) is 11.2. The van der Waals surface area contributed by atoms with E-state index in [1.807, 2.05) is 17.7 Å². The second kappa shape index (κ2) is 4.85. The number of hydrogen-bond donors (Lipinski definition) is 2. The van der Waals surface area contributed by atoms with Gasteiger partial charge >= 0.3 is 0 Å². The number of carbonyl (C=O) groups excluding carboxylic acids is 1. The van der Waals surface area contributed by atoms with Gasteiger partial charge in [0.1, 0.15) is 5.69 Å². The van der Waals surface area contributed by atoms with E-state index in [1.54, 1.807) is 4.90 Å². The maximum Gasteiger partial charge on any atom is 0.274 e. The summed E-state index contributed by atoms with van der Waals surface area (Å²) in [6.07, 6.45) is 3.25. The van der Waals surface area contributed by atoms with Gasteiger partial charge in [-0.05, 0) is 18.8 Å². The van der Waals surface area contributed by atoms with Crippen LogP contribution in [-0.2, 0) is 6.54 Å². The van der Waals surface area contributed by atoms with Gasteiger partial charge in [-0.25, -0.2) is 4.98 Å². The van der Waals surface area contributed by atoms with E-state index in [0.29, 0.717) is 25.2 Å². The summed E-state index contributed by atoms with van der Waals surface area (Å²) in [6.45, 7) is 5.02. The Hall–Kier alpha value is -1.56. The highest BCUT2D eigenvalue weighted by molar-refractivity contribution is 5.92. The highest BCUT2D eigenvalue weighted by Crippen LogP contribution is 2.20. The van der Waals surface area contributed by atoms with Gasteiger partial charge in [-0.1, -0.05) is 6.92 Å². The van der Waals surface area contributed by atoms with Gasteiger partial charge in [0.25, 0.3) is 5.91 Å². The molecule has 2 aliphatic heterocycles. The topological polar surface area (TPSA) is 70.4 Å². The Morgan fingerprint density at radius 1 is 1.53 bits per heavy atom. The fraction of sp³-hybridized carbons (Fsp3) is 0.692. The molecular formula is C13H20N4O2. The van der Waals surface area contributed by atoms with Crippen molar-refractivity contribution < 1.29 is 9.90 Å². The van der Waals surface area contributed by atoms with Crippen molar-refractivity contribution >= 4 is 11.9 Å².